The fourth-order valence-corrected chi connectivity index (χ4v) is 3.14. The Balaban J connectivity index is 1.73. The van der Waals surface area contributed by atoms with Gasteiger partial charge in [0.2, 0.25) is 0 Å². The number of hydrogen-bond donors (Lipinski definition) is 1. The number of benzene rings is 1. The summed E-state index contributed by atoms with van der Waals surface area (Å²) in [6.07, 6.45) is 6.29. The Kier molecular flexibility index (Phi) is 4.32. The number of nitrogens with two attached hydrogens (primary N) is 1. The van der Waals surface area contributed by atoms with Crippen LogP contribution in [0.2, 0.25) is 0 Å². The third-order valence-corrected chi connectivity index (χ3v) is 5.03. The van der Waals surface area contributed by atoms with Crippen molar-refractivity contribution in [2.45, 2.75) is 44.6 Å². The lowest BCUT2D eigenvalue weighted by Gasteiger charge is -2.41. The highest BCUT2D eigenvalue weighted by Crippen LogP contribution is 2.37. The van der Waals surface area contributed by atoms with Gasteiger partial charge in [-0.2, -0.15) is 0 Å². The third kappa shape index (κ3) is 4.04. The molecule has 0 aliphatic heterocycles. The summed E-state index contributed by atoms with van der Waals surface area (Å²) in [4.78, 5) is 2.60. The molecule has 0 spiro atoms. The first-order valence-electron chi connectivity index (χ1n) is 8.28. The van der Waals surface area contributed by atoms with Crippen LogP contribution in [-0.2, 0) is 6.42 Å². The lowest BCUT2D eigenvalue weighted by molar-refractivity contribution is 0.0977. The maximum atomic E-state index is 13.4. The van der Waals surface area contributed by atoms with Crippen LogP contribution in [0.1, 0.15) is 38.2 Å². The predicted molar refractivity (Wildman–Crippen MR) is 84.6 cm³/mol. The number of halogens is 1. The van der Waals surface area contributed by atoms with Crippen molar-refractivity contribution < 1.29 is 4.39 Å². The quantitative estimate of drug-likeness (QED) is 0.796. The SMILES string of the molecule is CC(CN)(Cc1cccc(F)c1)N(CC1CC1)CC1CC1. The highest BCUT2D eigenvalue weighted by atomic mass is 19.1. The molecule has 1 unspecified atom stereocenters. The fourth-order valence-electron chi connectivity index (χ4n) is 3.14. The van der Waals surface area contributed by atoms with Gasteiger partial charge in [0.05, 0.1) is 0 Å². The monoisotopic (exact) mass is 290 g/mol. The first kappa shape index (κ1) is 15.0. The van der Waals surface area contributed by atoms with Gasteiger partial charge in [0.15, 0.2) is 0 Å². The summed E-state index contributed by atoms with van der Waals surface area (Å²) in [7, 11) is 0. The molecule has 2 aliphatic carbocycles. The molecule has 2 saturated carbocycles. The largest absolute Gasteiger partial charge is 0.329 e. The van der Waals surface area contributed by atoms with Crippen LogP contribution < -0.4 is 5.73 Å². The normalized spacial score (nSPS) is 21.5. The molecule has 2 aliphatic rings. The maximum absolute atomic E-state index is 13.4. The van der Waals surface area contributed by atoms with Crippen molar-refractivity contribution in [1.29, 1.82) is 0 Å². The minimum atomic E-state index is -0.150. The number of hydrogen-bond acceptors (Lipinski definition) is 2. The molecule has 0 amide bonds. The van der Waals surface area contributed by atoms with Crippen LogP contribution in [-0.4, -0.2) is 30.1 Å². The second kappa shape index (κ2) is 6.05. The molecule has 1 aromatic carbocycles. The molecule has 21 heavy (non-hydrogen) atoms. The zero-order valence-electron chi connectivity index (χ0n) is 13.0. The zero-order valence-corrected chi connectivity index (χ0v) is 13.0. The van der Waals surface area contributed by atoms with Gasteiger partial charge >= 0.3 is 0 Å². The molecule has 0 bridgehead atoms. The van der Waals surface area contributed by atoms with Gasteiger partial charge in [-0.05, 0) is 68.6 Å². The standard InChI is InChI=1S/C18H27FN2/c1-18(13-20,10-16-3-2-4-17(19)9-16)21(11-14-5-6-14)12-15-7-8-15/h2-4,9,14-15H,5-8,10-13,20H2,1H3. The predicted octanol–water partition coefficient (Wildman–Crippen LogP) is 3.21. The summed E-state index contributed by atoms with van der Waals surface area (Å²) in [6.45, 7) is 5.21. The first-order chi connectivity index (χ1) is 10.1. The summed E-state index contributed by atoms with van der Waals surface area (Å²) in [6, 6.07) is 6.98. The molecule has 3 rings (SSSR count). The third-order valence-electron chi connectivity index (χ3n) is 5.03. The molecule has 0 heterocycles. The van der Waals surface area contributed by atoms with Crippen molar-refractivity contribution in [2.24, 2.45) is 17.6 Å². The lowest BCUT2D eigenvalue weighted by atomic mass is 9.90. The molecule has 0 radical (unpaired) electrons. The van der Waals surface area contributed by atoms with Crippen molar-refractivity contribution in [3.8, 4) is 0 Å². The van der Waals surface area contributed by atoms with Crippen molar-refractivity contribution in [3.05, 3.63) is 35.6 Å². The van der Waals surface area contributed by atoms with E-state index in [0.717, 1.165) is 23.8 Å². The van der Waals surface area contributed by atoms with Gasteiger partial charge in [-0.25, -0.2) is 4.39 Å². The zero-order chi connectivity index (χ0) is 14.9. The second-order valence-corrected chi connectivity index (χ2v) is 7.30. The van der Waals surface area contributed by atoms with E-state index < -0.39 is 0 Å². The summed E-state index contributed by atoms with van der Waals surface area (Å²) >= 11 is 0. The van der Waals surface area contributed by atoms with E-state index in [-0.39, 0.29) is 11.4 Å². The van der Waals surface area contributed by atoms with E-state index in [2.05, 4.69) is 11.8 Å². The summed E-state index contributed by atoms with van der Waals surface area (Å²) < 4.78 is 13.4. The van der Waals surface area contributed by atoms with Crippen LogP contribution in [0.15, 0.2) is 24.3 Å². The van der Waals surface area contributed by atoms with E-state index in [9.17, 15) is 4.39 Å². The van der Waals surface area contributed by atoms with Gasteiger partial charge in [-0.15, -0.1) is 0 Å². The molecule has 1 atom stereocenters. The van der Waals surface area contributed by atoms with Gasteiger partial charge in [0.25, 0.3) is 0 Å². The van der Waals surface area contributed by atoms with E-state index >= 15 is 0 Å². The highest BCUT2D eigenvalue weighted by molar-refractivity contribution is 5.19. The Morgan fingerprint density at radius 1 is 1.19 bits per heavy atom. The average molecular weight is 290 g/mol. The number of rotatable bonds is 8. The Morgan fingerprint density at radius 3 is 2.29 bits per heavy atom. The van der Waals surface area contributed by atoms with Gasteiger partial charge in [-0.1, -0.05) is 12.1 Å². The second-order valence-electron chi connectivity index (χ2n) is 7.30. The summed E-state index contributed by atoms with van der Waals surface area (Å²) in [5.74, 6) is 1.58. The molecular weight excluding hydrogens is 263 g/mol. The van der Waals surface area contributed by atoms with Gasteiger partial charge < -0.3 is 5.73 Å². The molecule has 0 saturated heterocycles. The minimum Gasteiger partial charge on any atom is -0.329 e. The summed E-state index contributed by atoms with van der Waals surface area (Å²) in [5.41, 5.74) is 7.15. The van der Waals surface area contributed by atoms with Crippen LogP contribution in [0.25, 0.3) is 0 Å². The van der Waals surface area contributed by atoms with Crippen LogP contribution >= 0.6 is 0 Å². The van der Waals surface area contributed by atoms with Crippen molar-refractivity contribution in [3.63, 3.8) is 0 Å². The molecule has 116 valence electrons. The van der Waals surface area contributed by atoms with Crippen molar-refractivity contribution in [2.75, 3.05) is 19.6 Å². The first-order valence-corrected chi connectivity index (χ1v) is 8.28. The fraction of sp³-hybridized carbons (Fsp3) is 0.667. The van der Waals surface area contributed by atoms with Crippen LogP contribution in [0.5, 0.6) is 0 Å². The Bertz CT molecular complexity index is 468. The van der Waals surface area contributed by atoms with E-state index in [1.54, 1.807) is 12.1 Å². The Hall–Kier alpha value is -0.930. The average Bonchev–Trinajstić information content (AvgIpc) is 3.33. The van der Waals surface area contributed by atoms with Gasteiger partial charge in [-0.3, -0.25) is 4.90 Å². The van der Waals surface area contributed by atoms with E-state index in [1.807, 2.05) is 6.07 Å². The van der Waals surface area contributed by atoms with Gasteiger partial charge in [0.1, 0.15) is 5.82 Å². The van der Waals surface area contributed by atoms with E-state index in [4.69, 9.17) is 5.73 Å². The van der Waals surface area contributed by atoms with Crippen LogP contribution in [0, 0.1) is 17.7 Å². The van der Waals surface area contributed by atoms with E-state index in [1.165, 1.54) is 44.8 Å². The molecule has 0 aromatic heterocycles. The van der Waals surface area contributed by atoms with Crippen molar-refractivity contribution >= 4 is 0 Å². The minimum absolute atomic E-state index is 0.0566. The highest BCUT2D eigenvalue weighted by Gasteiger charge is 2.38. The van der Waals surface area contributed by atoms with Gasteiger partial charge in [0, 0.05) is 25.2 Å². The topological polar surface area (TPSA) is 29.3 Å². The Labute approximate surface area is 127 Å². The van der Waals surface area contributed by atoms with E-state index in [0.29, 0.717) is 6.54 Å². The van der Waals surface area contributed by atoms with Crippen LogP contribution in [0.3, 0.4) is 0 Å². The van der Waals surface area contributed by atoms with Crippen molar-refractivity contribution in [1.82, 2.24) is 4.90 Å². The molecule has 3 heteroatoms. The lowest BCUT2D eigenvalue weighted by Crippen LogP contribution is -2.54. The molecule has 2 fully saturated rings. The summed E-state index contributed by atoms with van der Waals surface area (Å²) in [5, 5.41) is 0. The molecule has 1 aromatic rings. The number of nitrogens with zero attached hydrogens (tertiary/aromatic N) is 1. The maximum Gasteiger partial charge on any atom is 0.123 e. The van der Waals surface area contributed by atoms with Crippen LogP contribution in [0.4, 0.5) is 4.39 Å². The Morgan fingerprint density at radius 2 is 1.81 bits per heavy atom. The smallest absolute Gasteiger partial charge is 0.123 e. The molecule has 2 nitrogen and oxygen atoms in total. The molecule has 2 N–H and O–H groups in total. The molecular formula is C18H27FN2.